The predicted octanol–water partition coefficient (Wildman–Crippen LogP) is 2.55. The number of anilines is 2. The highest BCUT2D eigenvalue weighted by Gasteiger charge is 2.29. The summed E-state index contributed by atoms with van der Waals surface area (Å²) in [6.07, 6.45) is 3.13. The van der Waals surface area contributed by atoms with E-state index in [9.17, 15) is 14.0 Å². The summed E-state index contributed by atoms with van der Waals surface area (Å²) in [5, 5.41) is 2.92. The lowest BCUT2D eigenvalue weighted by molar-refractivity contribution is -0.121. The first-order chi connectivity index (χ1) is 14.6. The van der Waals surface area contributed by atoms with E-state index in [1.807, 2.05) is 12.1 Å². The molecule has 8 heteroatoms. The summed E-state index contributed by atoms with van der Waals surface area (Å²) in [6, 6.07) is 9.24. The van der Waals surface area contributed by atoms with Gasteiger partial charge in [0.25, 0.3) is 5.91 Å². The van der Waals surface area contributed by atoms with Crippen molar-refractivity contribution in [1.29, 1.82) is 0 Å². The Labute approximate surface area is 174 Å². The molecule has 0 saturated carbocycles. The minimum atomic E-state index is -0.379. The van der Waals surface area contributed by atoms with Crippen LogP contribution in [0, 0.1) is 11.7 Å². The average molecular weight is 412 g/mol. The molecular weight excluding hydrogens is 387 g/mol. The molecule has 1 atom stereocenters. The summed E-state index contributed by atoms with van der Waals surface area (Å²) in [5.74, 6) is -0.0978. The van der Waals surface area contributed by atoms with Gasteiger partial charge in [0.2, 0.25) is 5.91 Å². The molecule has 3 heterocycles. The molecule has 2 aliphatic rings. The summed E-state index contributed by atoms with van der Waals surface area (Å²) < 4.78 is 18.5. The highest BCUT2D eigenvalue weighted by atomic mass is 19.1. The predicted molar refractivity (Wildman–Crippen MR) is 111 cm³/mol. The first kappa shape index (κ1) is 20.3. The number of pyridine rings is 1. The van der Waals surface area contributed by atoms with Gasteiger partial charge < -0.3 is 19.9 Å². The molecule has 7 nitrogen and oxygen atoms in total. The molecular formula is C22H25FN4O3. The van der Waals surface area contributed by atoms with E-state index >= 15 is 0 Å². The Hall–Kier alpha value is -3.00. The molecule has 1 aromatic heterocycles. The van der Waals surface area contributed by atoms with Gasteiger partial charge in [-0.15, -0.1) is 0 Å². The molecule has 0 spiro atoms. The van der Waals surface area contributed by atoms with Crippen LogP contribution >= 0.6 is 0 Å². The zero-order valence-corrected chi connectivity index (χ0v) is 16.7. The molecule has 1 unspecified atom stereocenters. The van der Waals surface area contributed by atoms with E-state index in [0.717, 1.165) is 31.7 Å². The van der Waals surface area contributed by atoms with Gasteiger partial charge in [0.15, 0.2) is 0 Å². The lowest BCUT2D eigenvalue weighted by atomic mass is 9.96. The molecule has 4 rings (SSSR count). The van der Waals surface area contributed by atoms with E-state index in [-0.39, 0.29) is 23.5 Å². The second-order valence-electron chi connectivity index (χ2n) is 7.59. The Balaban J connectivity index is 1.35. The molecule has 2 amide bonds. The molecule has 0 radical (unpaired) electrons. The van der Waals surface area contributed by atoms with Gasteiger partial charge in [-0.05, 0) is 49.2 Å². The van der Waals surface area contributed by atoms with Crippen LogP contribution in [-0.2, 0) is 9.53 Å². The monoisotopic (exact) mass is 412 g/mol. The smallest absolute Gasteiger partial charge is 0.253 e. The van der Waals surface area contributed by atoms with Gasteiger partial charge in [-0.1, -0.05) is 0 Å². The Morgan fingerprint density at radius 3 is 2.53 bits per heavy atom. The lowest BCUT2D eigenvalue weighted by Gasteiger charge is -2.32. The maximum absolute atomic E-state index is 13.1. The number of morpholine rings is 1. The number of carbonyl (C=O) groups is 2. The fourth-order valence-corrected chi connectivity index (χ4v) is 3.83. The van der Waals surface area contributed by atoms with Gasteiger partial charge in [-0.3, -0.25) is 9.59 Å². The molecule has 158 valence electrons. The lowest BCUT2D eigenvalue weighted by Crippen LogP contribution is -2.43. The van der Waals surface area contributed by atoms with Crippen LogP contribution in [-0.4, -0.2) is 61.1 Å². The number of hydrogen-bond acceptors (Lipinski definition) is 5. The van der Waals surface area contributed by atoms with Crippen LogP contribution in [0.15, 0.2) is 42.6 Å². The quantitative estimate of drug-likeness (QED) is 0.836. The van der Waals surface area contributed by atoms with Crippen molar-refractivity contribution in [3.8, 4) is 0 Å². The maximum Gasteiger partial charge on any atom is 0.253 e. The Morgan fingerprint density at radius 1 is 1.07 bits per heavy atom. The second-order valence-corrected chi connectivity index (χ2v) is 7.59. The molecule has 2 saturated heterocycles. The Kier molecular flexibility index (Phi) is 6.23. The minimum absolute atomic E-state index is 0.118. The SMILES string of the molecule is O=C(Nc1ccc(N2CCOCC2)nc1)C1CCCN(C(=O)c2ccc(F)cc2)C1. The Bertz CT molecular complexity index is 882. The normalized spacial score (nSPS) is 19.4. The van der Waals surface area contributed by atoms with E-state index in [1.54, 1.807) is 11.1 Å². The number of amides is 2. The zero-order chi connectivity index (χ0) is 20.9. The third kappa shape index (κ3) is 4.76. The molecule has 1 N–H and O–H groups in total. The first-order valence-corrected chi connectivity index (χ1v) is 10.2. The van der Waals surface area contributed by atoms with Gasteiger partial charge in [0.05, 0.1) is 31.0 Å². The number of piperidine rings is 1. The molecule has 2 aliphatic heterocycles. The van der Waals surface area contributed by atoms with Crippen molar-refractivity contribution in [3.05, 3.63) is 54.0 Å². The van der Waals surface area contributed by atoms with Crippen molar-refractivity contribution in [3.63, 3.8) is 0 Å². The van der Waals surface area contributed by atoms with E-state index in [2.05, 4.69) is 15.2 Å². The van der Waals surface area contributed by atoms with Gasteiger partial charge in [0.1, 0.15) is 11.6 Å². The summed E-state index contributed by atoms with van der Waals surface area (Å²) in [4.78, 5) is 33.7. The third-order valence-electron chi connectivity index (χ3n) is 5.52. The van der Waals surface area contributed by atoms with Crippen molar-refractivity contribution < 1.29 is 18.7 Å². The molecule has 0 bridgehead atoms. The number of carbonyl (C=O) groups excluding carboxylic acids is 2. The zero-order valence-electron chi connectivity index (χ0n) is 16.7. The van der Waals surface area contributed by atoms with Crippen LogP contribution < -0.4 is 10.2 Å². The number of aromatic nitrogens is 1. The Morgan fingerprint density at radius 2 is 1.83 bits per heavy atom. The number of ether oxygens (including phenoxy) is 1. The number of rotatable bonds is 4. The van der Waals surface area contributed by atoms with Gasteiger partial charge in [-0.25, -0.2) is 9.37 Å². The fraction of sp³-hybridized carbons (Fsp3) is 0.409. The fourth-order valence-electron chi connectivity index (χ4n) is 3.83. The maximum atomic E-state index is 13.1. The van der Waals surface area contributed by atoms with E-state index in [1.165, 1.54) is 24.3 Å². The van der Waals surface area contributed by atoms with Gasteiger partial charge in [0, 0.05) is 31.7 Å². The number of benzene rings is 1. The van der Waals surface area contributed by atoms with Crippen molar-refractivity contribution in [2.75, 3.05) is 49.6 Å². The van der Waals surface area contributed by atoms with Crippen LogP contribution in [0.3, 0.4) is 0 Å². The van der Waals surface area contributed by atoms with Crippen LogP contribution in [0.2, 0.25) is 0 Å². The second kappa shape index (κ2) is 9.21. The minimum Gasteiger partial charge on any atom is -0.378 e. The van der Waals surface area contributed by atoms with Crippen molar-refractivity contribution in [2.45, 2.75) is 12.8 Å². The number of hydrogen-bond donors (Lipinski definition) is 1. The summed E-state index contributed by atoms with van der Waals surface area (Å²) in [5.41, 5.74) is 1.07. The largest absolute Gasteiger partial charge is 0.378 e. The highest BCUT2D eigenvalue weighted by Crippen LogP contribution is 2.21. The first-order valence-electron chi connectivity index (χ1n) is 10.2. The summed E-state index contributed by atoms with van der Waals surface area (Å²) in [7, 11) is 0. The van der Waals surface area contributed by atoms with Crippen LogP contribution in [0.4, 0.5) is 15.9 Å². The van der Waals surface area contributed by atoms with E-state index < -0.39 is 0 Å². The van der Waals surface area contributed by atoms with Gasteiger partial charge >= 0.3 is 0 Å². The molecule has 30 heavy (non-hydrogen) atoms. The van der Waals surface area contributed by atoms with E-state index in [0.29, 0.717) is 37.6 Å². The van der Waals surface area contributed by atoms with Gasteiger partial charge in [-0.2, -0.15) is 0 Å². The highest BCUT2D eigenvalue weighted by molar-refractivity contribution is 5.96. The topological polar surface area (TPSA) is 74.8 Å². The van der Waals surface area contributed by atoms with Crippen LogP contribution in [0.5, 0.6) is 0 Å². The number of likely N-dealkylation sites (tertiary alicyclic amines) is 1. The summed E-state index contributed by atoms with van der Waals surface area (Å²) >= 11 is 0. The summed E-state index contributed by atoms with van der Waals surface area (Å²) in [6.45, 7) is 3.93. The molecule has 2 aromatic rings. The van der Waals surface area contributed by atoms with Crippen molar-refractivity contribution >= 4 is 23.3 Å². The van der Waals surface area contributed by atoms with Crippen LogP contribution in [0.1, 0.15) is 23.2 Å². The van der Waals surface area contributed by atoms with Crippen LogP contribution in [0.25, 0.3) is 0 Å². The average Bonchev–Trinajstić information content (AvgIpc) is 2.80. The molecule has 2 fully saturated rings. The standard InChI is InChI=1S/C22H25FN4O3/c23-18-5-3-16(4-6-18)22(29)27-9-1-2-17(15-27)21(28)25-19-7-8-20(24-14-19)26-10-12-30-13-11-26/h3-8,14,17H,1-2,9-13,15H2,(H,25,28). The van der Waals surface area contributed by atoms with Crippen molar-refractivity contribution in [2.24, 2.45) is 5.92 Å². The number of nitrogens with zero attached hydrogens (tertiary/aromatic N) is 3. The van der Waals surface area contributed by atoms with Crippen molar-refractivity contribution in [1.82, 2.24) is 9.88 Å². The molecule has 1 aromatic carbocycles. The number of nitrogens with one attached hydrogen (secondary N) is 1. The molecule has 0 aliphatic carbocycles. The number of halogens is 1. The third-order valence-corrected chi connectivity index (χ3v) is 5.52. The van der Waals surface area contributed by atoms with E-state index in [4.69, 9.17) is 4.74 Å².